The molecule has 8 nitrogen and oxygen atoms in total. The van der Waals surface area contributed by atoms with Crippen molar-refractivity contribution in [2.75, 3.05) is 14.2 Å². The maximum absolute atomic E-state index is 12.6. The Morgan fingerprint density at radius 2 is 1.72 bits per heavy atom. The second-order valence-electron chi connectivity index (χ2n) is 6.30. The number of carboxylic acid groups (broad SMARTS) is 1. The lowest BCUT2D eigenvalue weighted by Gasteiger charge is -2.10. The quantitative estimate of drug-likeness (QED) is 0.492. The predicted molar refractivity (Wildman–Crippen MR) is 104 cm³/mol. The van der Waals surface area contributed by atoms with Gasteiger partial charge in [0, 0.05) is 11.1 Å². The lowest BCUT2D eigenvalue weighted by Crippen LogP contribution is -2.06. The predicted octanol–water partition coefficient (Wildman–Crippen LogP) is 3.56. The molecule has 0 atom stereocenters. The summed E-state index contributed by atoms with van der Waals surface area (Å²) in [6.45, 7) is 0. The maximum atomic E-state index is 12.6. The molecule has 0 unspecified atom stereocenters. The van der Waals surface area contributed by atoms with Gasteiger partial charge < -0.3 is 28.5 Å². The average Bonchev–Trinajstić information content (AvgIpc) is 3.08. The highest BCUT2D eigenvalue weighted by atomic mass is 16.5. The summed E-state index contributed by atoms with van der Waals surface area (Å²) >= 11 is 0. The molecule has 0 aliphatic heterocycles. The monoisotopic (exact) mass is 396 g/mol. The second-order valence-corrected chi connectivity index (χ2v) is 6.30. The minimum absolute atomic E-state index is 0.0621. The summed E-state index contributed by atoms with van der Waals surface area (Å²) in [4.78, 5) is 24.1. The zero-order valence-corrected chi connectivity index (χ0v) is 15.5. The molecule has 29 heavy (non-hydrogen) atoms. The minimum Gasteiger partial charge on any atom is -0.502 e. The largest absolute Gasteiger partial charge is 0.502 e. The highest BCUT2D eigenvalue weighted by Crippen LogP contribution is 2.43. The summed E-state index contributed by atoms with van der Waals surface area (Å²) in [7, 11) is 2.74. The van der Waals surface area contributed by atoms with Crippen LogP contribution in [0, 0.1) is 0 Å². The van der Waals surface area contributed by atoms with Crippen molar-refractivity contribution in [2.24, 2.45) is 0 Å². The van der Waals surface area contributed by atoms with Gasteiger partial charge in [0.15, 0.2) is 17.1 Å². The fourth-order valence-electron chi connectivity index (χ4n) is 3.34. The van der Waals surface area contributed by atoms with Gasteiger partial charge in [-0.05, 0) is 24.3 Å². The highest BCUT2D eigenvalue weighted by molar-refractivity contribution is 6.05. The van der Waals surface area contributed by atoms with Gasteiger partial charge in [0.2, 0.25) is 5.75 Å². The molecule has 8 heteroatoms. The molecule has 0 fully saturated rings. The Labute approximate surface area is 163 Å². The molecule has 2 heterocycles. The first-order valence-corrected chi connectivity index (χ1v) is 8.59. The van der Waals surface area contributed by atoms with Crippen molar-refractivity contribution in [3.63, 3.8) is 0 Å². The topological polar surface area (TPSA) is 119 Å². The summed E-state index contributed by atoms with van der Waals surface area (Å²) < 4.78 is 21.7. The summed E-state index contributed by atoms with van der Waals surface area (Å²) in [6.07, 6.45) is -0.461. The van der Waals surface area contributed by atoms with E-state index >= 15 is 0 Å². The molecule has 0 saturated heterocycles. The number of phenols is 1. The van der Waals surface area contributed by atoms with Crippen molar-refractivity contribution in [3.05, 3.63) is 52.4 Å². The standard InChI is InChI=1S/C21H16O8/c1-26-14-7-10(8-15(27-2)18(14)24)19-12(9-16(22)23)17-20(29-19)11-5-3-4-6-13(11)28-21(17)25/h3-8,24H,9H2,1-2H3,(H,22,23). The molecule has 0 aliphatic rings. The van der Waals surface area contributed by atoms with Gasteiger partial charge in [0.25, 0.3) is 0 Å². The Hall–Kier alpha value is -3.94. The number of hydrogen-bond donors (Lipinski definition) is 2. The van der Waals surface area contributed by atoms with E-state index in [1.54, 1.807) is 24.3 Å². The van der Waals surface area contributed by atoms with Gasteiger partial charge in [-0.25, -0.2) is 4.79 Å². The van der Waals surface area contributed by atoms with Crippen molar-refractivity contribution in [1.29, 1.82) is 0 Å². The smallest absolute Gasteiger partial charge is 0.347 e. The third-order valence-corrected chi connectivity index (χ3v) is 4.62. The van der Waals surface area contributed by atoms with Crippen LogP contribution < -0.4 is 15.1 Å². The van der Waals surface area contributed by atoms with Crippen molar-refractivity contribution < 1.29 is 33.3 Å². The molecule has 0 saturated carbocycles. The molecule has 2 N–H and O–H groups in total. The zero-order chi connectivity index (χ0) is 20.7. The number of aliphatic carboxylic acids is 1. The van der Waals surface area contributed by atoms with Gasteiger partial charge in [0.05, 0.1) is 26.0 Å². The van der Waals surface area contributed by atoms with Gasteiger partial charge in [-0.2, -0.15) is 0 Å². The van der Waals surface area contributed by atoms with E-state index in [0.29, 0.717) is 16.5 Å². The summed E-state index contributed by atoms with van der Waals surface area (Å²) in [5.41, 5.74) is 0.416. The van der Waals surface area contributed by atoms with Gasteiger partial charge >= 0.3 is 11.6 Å². The molecule has 4 aromatic rings. The fraction of sp³-hybridized carbons (Fsp3) is 0.143. The number of fused-ring (bicyclic) bond motifs is 3. The lowest BCUT2D eigenvalue weighted by molar-refractivity contribution is -0.136. The minimum atomic E-state index is -1.14. The molecule has 4 rings (SSSR count). The van der Waals surface area contributed by atoms with Crippen LogP contribution in [0.15, 0.2) is 50.0 Å². The van der Waals surface area contributed by atoms with Crippen LogP contribution in [0.25, 0.3) is 33.3 Å². The molecule has 148 valence electrons. The number of methoxy groups -OCH3 is 2. The average molecular weight is 396 g/mol. The number of furan rings is 1. The van der Waals surface area contributed by atoms with Crippen LogP contribution >= 0.6 is 0 Å². The Bertz CT molecular complexity index is 1290. The van der Waals surface area contributed by atoms with E-state index in [1.807, 2.05) is 0 Å². The van der Waals surface area contributed by atoms with Crippen LogP contribution in [-0.4, -0.2) is 30.4 Å². The molecule has 0 bridgehead atoms. The summed E-state index contributed by atoms with van der Waals surface area (Å²) in [6, 6.07) is 9.77. The third-order valence-electron chi connectivity index (χ3n) is 4.62. The van der Waals surface area contributed by atoms with E-state index in [4.69, 9.17) is 18.3 Å². The van der Waals surface area contributed by atoms with Crippen LogP contribution in [0.1, 0.15) is 5.56 Å². The number of carbonyl (C=O) groups is 1. The number of aromatic hydroxyl groups is 1. The van der Waals surface area contributed by atoms with Crippen LogP contribution in [0.3, 0.4) is 0 Å². The van der Waals surface area contributed by atoms with Crippen molar-refractivity contribution >= 4 is 27.9 Å². The molecule has 0 aliphatic carbocycles. The Morgan fingerprint density at radius 1 is 1.07 bits per heavy atom. The summed E-state index contributed by atoms with van der Waals surface area (Å²) in [5.74, 6) is -0.975. The first-order valence-electron chi connectivity index (χ1n) is 8.59. The number of benzene rings is 2. The first-order chi connectivity index (χ1) is 13.9. The number of hydrogen-bond acceptors (Lipinski definition) is 7. The molecular formula is C21H16O8. The molecule has 2 aromatic heterocycles. The molecule has 0 radical (unpaired) electrons. The fourth-order valence-corrected chi connectivity index (χ4v) is 3.34. The number of phenolic OH excluding ortho intramolecular Hbond substituents is 1. The van der Waals surface area contributed by atoms with Gasteiger partial charge in [-0.1, -0.05) is 12.1 Å². The van der Waals surface area contributed by atoms with Gasteiger partial charge in [0.1, 0.15) is 16.7 Å². The lowest BCUT2D eigenvalue weighted by atomic mass is 10.0. The number of para-hydroxylation sites is 1. The van der Waals surface area contributed by atoms with Crippen LogP contribution in [0.5, 0.6) is 17.2 Å². The van der Waals surface area contributed by atoms with E-state index < -0.39 is 18.0 Å². The van der Waals surface area contributed by atoms with E-state index in [-0.39, 0.29) is 39.5 Å². The van der Waals surface area contributed by atoms with Gasteiger partial charge in [-0.3, -0.25) is 4.79 Å². The van der Waals surface area contributed by atoms with Crippen molar-refractivity contribution in [1.82, 2.24) is 0 Å². The SMILES string of the molecule is COc1cc(-c2oc3c(c2CC(=O)O)c(=O)oc2ccccc23)cc(OC)c1O. The van der Waals surface area contributed by atoms with E-state index in [1.165, 1.54) is 26.4 Å². The van der Waals surface area contributed by atoms with Gasteiger partial charge in [-0.15, -0.1) is 0 Å². The number of rotatable bonds is 5. The number of ether oxygens (including phenoxy) is 2. The van der Waals surface area contributed by atoms with Crippen LogP contribution in [0.4, 0.5) is 0 Å². The Kier molecular flexibility index (Phi) is 4.38. The van der Waals surface area contributed by atoms with E-state index in [0.717, 1.165) is 0 Å². The number of carboxylic acids is 1. The molecule has 0 spiro atoms. The van der Waals surface area contributed by atoms with Crippen molar-refractivity contribution in [2.45, 2.75) is 6.42 Å². The van der Waals surface area contributed by atoms with E-state index in [9.17, 15) is 19.8 Å². The van der Waals surface area contributed by atoms with Crippen LogP contribution in [-0.2, 0) is 11.2 Å². The normalized spacial score (nSPS) is 11.1. The highest BCUT2D eigenvalue weighted by Gasteiger charge is 2.25. The van der Waals surface area contributed by atoms with Crippen LogP contribution in [0.2, 0.25) is 0 Å². The zero-order valence-electron chi connectivity index (χ0n) is 15.5. The Morgan fingerprint density at radius 3 is 2.34 bits per heavy atom. The van der Waals surface area contributed by atoms with Crippen molar-refractivity contribution in [3.8, 4) is 28.6 Å². The second kappa shape index (κ2) is 6.90. The van der Waals surface area contributed by atoms with E-state index in [2.05, 4.69) is 0 Å². The molecule has 0 amide bonds. The molecule has 2 aromatic carbocycles. The maximum Gasteiger partial charge on any atom is 0.347 e. The Balaban J connectivity index is 2.12. The first kappa shape index (κ1) is 18.4. The summed E-state index contributed by atoms with van der Waals surface area (Å²) in [5, 5.41) is 20.2. The third kappa shape index (κ3) is 2.94. The molecular weight excluding hydrogens is 380 g/mol.